The molecule has 1 saturated heterocycles. The topological polar surface area (TPSA) is 111 Å². The zero-order chi connectivity index (χ0) is 22.1. The SMILES string of the molecule is CC1(O)C=CC(CCC2(C)NC(=O)N(NC(=O)Nc3ccc(Br)cc3F)C2=O)=CC1. The summed E-state index contributed by atoms with van der Waals surface area (Å²) in [5, 5.41) is 15.4. The van der Waals surface area contributed by atoms with E-state index in [1.54, 1.807) is 26.0 Å². The second kappa shape index (κ2) is 8.19. The number of benzene rings is 1. The Morgan fingerprint density at radius 1 is 1.37 bits per heavy atom. The lowest BCUT2D eigenvalue weighted by Crippen LogP contribution is -2.50. The van der Waals surface area contributed by atoms with Crippen LogP contribution in [0.1, 0.15) is 33.1 Å². The number of rotatable bonds is 5. The van der Waals surface area contributed by atoms with Crippen molar-refractivity contribution in [1.82, 2.24) is 15.8 Å². The summed E-state index contributed by atoms with van der Waals surface area (Å²) >= 11 is 3.12. The maximum atomic E-state index is 13.9. The largest absolute Gasteiger partial charge is 0.386 e. The van der Waals surface area contributed by atoms with Gasteiger partial charge in [-0.1, -0.05) is 39.7 Å². The Labute approximate surface area is 181 Å². The smallest absolute Gasteiger partial charge is 0.344 e. The zero-order valence-corrected chi connectivity index (χ0v) is 18.0. The van der Waals surface area contributed by atoms with Gasteiger partial charge in [0.05, 0.1) is 11.3 Å². The number of hydrazine groups is 1. The fraction of sp³-hybridized carbons (Fsp3) is 0.350. The quantitative estimate of drug-likeness (QED) is 0.484. The normalized spacial score (nSPS) is 25.8. The third-order valence-corrected chi connectivity index (χ3v) is 5.49. The van der Waals surface area contributed by atoms with Gasteiger partial charge in [0.1, 0.15) is 11.4 Å². The standard InChI is InChI=1S/C20H22BrFN4O4/c1-19(30)8-5-12(6-9-19)7-10-20(2)16(27)26(18(29)24-20)25-17(28)23-15-4-3-13(21)11-14(15)22/h3-6,8,11,30H,7,9-10H2,1-2H3,(H,24,29)(H2,23,25,28). The molecule has 1 aliphatic carbocycles. The predicted octanol–water partition coefficient (Wildman–Crippen LogP) is 3.35. The lowest BCUT2D eigenvalue weighted by atomic mass is 9.88. The molecule has 5 amide bonds. The molecule has 0 aromatic heterocycles. The van der Waals surface area contributed by atoms with Gasteiger partial charge in [0.15, 0.2) is 0 Å². The number of carbonyl (C=O) groups excluding carboxylic acids is 3. The van der Waals surface area contributed by atoms with Crippen LogP contribution in [0.4, 0.5) is 19.7 Å². The van der Waals surface area contributed by atoms with Crippen molar-refractivity contribution in [3.63, 3.8) is 0 Å². The molecule has 0 spiro atoms. The summed E-state index contributed by atoms with van der Waals surface area (Å²) in [5.41, 5.74) is 0.911. The molecule has 30 heavy (non-hydrogen) atoms. The van der Waals surface area contributed by atoms with E-state index >= 15 is 0 Å². The van der Waals surface area contributed by atoms with Crippen LogP contribution in [0.3, 0.4) is 0 Å². The number of carbonyl (C=O) groups is 3. The number of amides is 5. The molecular formula is C20H22BrFN4O4. The number of aliphatic hydroxyl groups is 1. The monoisotopic (exact) mass is 480 g/mol. The molecule has 2 unspecified atom stereocenters. The summed E-state index contributed by atoms with van der Waals surface area (Å²) < 4.78 is 14.4. The minimum Gasteiger partial charge on any atom is -0.386 e. The van der Waals surface area contributed by atoms with Gasteiger partial charge in [-0.25, -0.2) is 19.4 Å². The highest BCUT2D eigenvalue weighted by atomic mass is 79.9. The first-order valence-corrected chi connectivity index (χ1v) is 10.1. The Hall–Kier alpha value is -2.72. The molecule has 3 rings (SSSR count). The Bertz CT molecular complexity index is 962. The molecule has 1 aromatic rings. The number of allylic oxidation sites excluding steroid dienone is 2. The van der Waals surface area contributed by atoms with Crippen LogP contribution in [-0.2, 0) is 4.79 Å². The molecule has 0 radical (unpaired) electrons. The Morgan fingerprint density at radius 3 is 2.73 bits per heavy atom. The van der Waals surface area contributed by atoms with Gasteiger partial charge in [-0.05, 0) is 51.3 Å². The Balaban J connectivity index is 1.60. The van der Waals surface area contributed by atoms with E-state index < -0.39 is 34.9 Å². The van der Waals surface area contributed by atoms with Crippen molar-refractivity contribution in [1.29, 1.82) is 0 Å². The Morgan fingerprint density at radius 2 is 2.10 bits per heavy atom. The first-order chi connectivity index (χ1) is 14.0. The van der Waals surface area contributed by atoms with Crippen LogP contribution >= 0.6 is 15.9 Å². The van der Waals surface area contributed by atoms with Crippen molar-refractivity contribution < 1.29 is 23.9 Å². The number of urea groups is 2. The van der Waals surface area contributed by atoms with Crippen molar-refractivity contribution in [3.05, 3.63) is 52.3 Å². The lowest BCUT2D eigenvalue weighted by Gasteiger charge is -2.24. The molecule has 1 heterocycles. The number of nitrogens with zero attached hydrogens (tertiary/aromatic N) is 1. The first kappa shape index (κ1) is 22.0. The van der Waals surface area contributed by atoms with Crippen LogP contribution in [0.5, 0.6) is 0 Å². The second-order valence-corrected chi connectivity index (χ2v) is 8.68. The molecule has 2 atom stereocenters. The van der Waals surface area contributed by atoms with Gasteiger partial charge < -0.3 is 15.7 Å². The van der Waals surface area contributed by atoms with E-state index in [0.29, 0.717) is 28.7 Å². The number of hydrogen-bond donors (Lipinski definition) is 4. The molecule has 1 aromatic carbocycles. The van der Waals surface area contributed by atoms with Crippen molar-refractivity contribution in [2.75, 3.05) is 5.32 Å². The van der Waals surface area contributed by atoms with Crippen molar-refractivity contribution in [2.45, 2.75) is 44.2 Å². The third-order valence-electron chi connectivity index (χ3n) is 5.00. The average Bonchev–Trinajstić information content (AvgIpc) is 2.87. The highest BCUT2D eigenvalue weighted by Gasteiger charge is 2.48. The molecule has 8 nitrogen and oxygen atoms in total. The number of hydrogen-bond acceptors (Lipinski definition) is 4. The number of halogens is 2. The van der Waals surface area contributed by atoms with Gasteiger partial charge in [-0.2, -0.15) is 5.01 Å². The number of anilines is 1. The van der Waals surface area contributed by atoms with E-state index in [-0.39, 0.29) is 5.69 Å². The summed E-state index contributed by atoms with van der Waals surface area (Å²) in [5.74, 6) is -1.29. The van der Waals surface area contributed by atoms with Crippen LogP contribution in [0.25, 0.3) is 0 Å². The summed E-state index contributed by atoms with van der Waals surface area (Å²) in [6.07, 6.45) is 6.65. The maximum Gasteiger partial charge on any atom is 0.344 e. The van der Waals surface area contributed by atoms with E-state index in [0.717, 1.165) is 5.57 Å². The summed E-state index contributed by atoms with van der Waals surface area (Å²) in [6.45, 7) is 3.28. The Kier molecular flexibility index (Phi) is 6.00. The number of imide groups is 1. The molecule has 10 heteroatoms. The van der Waals surface area contributed by atoms with Crippen LogP contribution in [-0.4, -0.2) is 39.2 Å². The molecular weight excluding hydrogens is 459 g/mol. The van der Waals surface area contributed by atoms with E-state index in [2.05, 4.69) is 32.0 Å². The second-order valence-electron chi connectivity index (χ2n) is 7.77. The zero-order valence-electron chi connectivity index (χ0n) is 16.5. The van der Waals surface area contributed by atoms with Gasteiger partial charge in [0, 0.05) is 4.47 Å². The summed E-state index contributed by atoms with van der Waals surface area (Å²) in [6, 6.07) is 2.36. The van der Waals surface area contributed by atoms with Crippen molar-refractivity contribution in [3.8, 4) is 0 Å². The van der Waals surface area contributed by atoms with Crippen LogP contribution in [0.15, 0.2) is 46.5 Å². The lowest BCUT2D eigenvalue weighted by molar-refractivity contribution is -0.132. The minimum absolute atomic E-state index is 0.0996. The summed E-state index contributed by atoms with van der Waals surface area (Å²) in [7, 11) is 0. The number of nitrogens with one attached hydrogen (secondary N) is 3. The molecule has 1 fully saturated rings. The van der Waals surface area contributed by atoms with Crippen molar-refractivity contribution in [2.24, 2.45) is 0 Å². The van der Waals surface area contributed by atoms with Gasteiger partial charge in [-0.3, -0.25) is 4.79 Å². The maximum absolute atomic E-state index is 13.9. The first-order valence-electron chi connectivity index (χ1n) is 9.29. The molecule has 160 valence electrons. The van der Waals surface area contributed by atoms with Gasteiger partial charge in [0.2, 0.25) is 0 Å². The third kappa shape index (κ3) is 4.88. The molecule has 4 N–H and O–H groups in total. The summed E-state index contributed by atoms with van der Waals surface area (Å²) in [4.78, 5) is 37.2. The van der Waals surface area contributed by atoms with Crippen LogP contribution in [0.2, 0.25) is 0 Å². The van der Waals surface area contributed by atoms with Crippen molar-refractivity contribution >= 4 is 39.6 Å². The molecule has 0 bridgehead atoms. The van der Waals surface area contributed by atoms with Crippen LogP contribution in [0, 0.1) is 5.82 Å². The predicted molar refractivity (Wildman–Crippen MR) is 112 cm³/mol. The highest BCUT2D eigenvalue weighted by Crippen LogP contribution is 2.28. The van der Waals surface area contributed by atoms with E-state index in [4.69, 9.17) is 0 Å². The molecule has 2 aliphatic rings. The van der Waals surface area contributed by atoms with Crippen LogP contribution < -0.4 is 16.1 Å². The van der Waals surface area contributed by atoms with E-state index in [9.17, 15) is 23.9 Å². The van der Waals surface area contributed by atoms with Gasteiger partial charge in [0.25, 0.3) is 5.91 Å². The van der Waals surface area contributed by atoms with Gasteiger partial charge >= 0.3 is 12.1 Å². The van der Waals surface area contributed by atoms with Gasteiger partial charge in [-0.15, -0.1) is 0 Å². The molecule has 1 aliphatic heterocycles. The van der Waals surface area contributed by atoms with E-state index in [1.165, 1.54) is 18.2 Å². The fourth-order valence-electron chi connectivity index (χ4n) is 3.14. The van der Waals surface area contributed by atoms with E-state index in [1.807, 2.05) is 6.08 Å². The molecule has 0 saturated carbocycles. The minimum atomic E-state index is -1.21. The fourth-order valence-corrected chi connectivity index (χ4v) is 3.47. The average molecular weight is 481 g/mol. The highest BCUT2D eigenvalue weighted by molar-refractivity contribution is 9.10.